The molecule has 5 rings (SSSR count). The maximum absolute atomic E-state index is 5.64. The van der Waals surface area contributed by atoms with Crippen molar-refractivity contribution in [2.75, 3.05) is 6.61 Å². The van der Waals surface area contributed by atoms with Gasteiger partial charge in [-0.15, -0.1) is 0 Å². The SMILES string of the molecule is CCOc1ccc(-n2cc(-c3ccc(-c4ccccc4)cc3)[n+]3c2CCCCC3)cc1. The van der Waals surface area contributed by atoms with E-state index in [1.807, 2.05) is 6.92 Å². The number of imidazole rings is 1. The van der Waals surface area contributed by atoms with Crippen LogP contribution < -0.4 is 9.30 Å². The number of hydrogen-bond acceptors (Lipinski definition) is 1. The Kier molecular flexibility index (Phi) is 5.57. The van der Waals surface area contributed by atoms with Crippen LogP contribution in [0.1, 0.15) is 32.0 Å². The van der Waals surface area contributed by atoms with E-state index in [0.29, 0.717) is 6.61 Å². The van der Waals surface area contributed by atoms with Crippen LogP contribution in [0, 0.1) is 0 Å². The van der Waals surface area contributed by atoms with Crippen molar-refractivity contribution < 1.29 is 9.30 Å². The summed E-state index contributed by atoms with van der Waals surface area (Å²) >= 11 is 0. The van der Waals surface area contributed by atoms with Crippen LogP contribution in [0.15, 0.2) is 85.1 Å². The van der Waals surface area contributed by atoms with Crippen LogP contribution in [0.2, 0.25) is 0 Å². The molecular weight excluding hydrogens is 380 g/mol. The second kappa shape index (κ2) is 8.81. The van der Waals surface area contributed by atoms with Crippen molar-refractivity contribution in [3.8, 4) is 33.8 Å². The second-order valence-electron chi connectivity index (χ2n) is 8.13. The number of benzene rings is 3. The average Bonchev–Trinajstić information content (AvgIpc) is 3.01. The van der Waals surface area contributed by atoms with Crippen LogP contribution in [-0.4, -0.2) is 11.2 Å². The minimum Gasteiger partial charge on any atom is -0.494 e. The van der Waals surface area contributed by atoms with E-state index in [9.17, 15) is 0 Å². The predicted octanol–water partition coefficient (Wildman–Crippen LogP) is 6.22. The van der Waals surface area contributed by atoms with E-state index in [4.69, 9.17) is 4.74 Å². The van der Waals surface area contributed by atoms with Gasteiger partial charge < -0.3 is 4.74 Å². The largest absolute Gasteiger partial charge is 0.494 e. The molecule has 156 valence electrons. The molecule has 0 atom stereocenters. The number of fused-ring (bicyclic) bond motifs is 1. The summed E-state index contributed by atoms with van der Waals surface area (Å²) < 4.78 is 10.5. The second-order valence-corrected chi connectivity index (χ2v) is 8.13. The van der Waals surface area contributed by atoms with Gasteiger partial charge in [0.15, 0.2) is 5.69 Å². The minimum absolute atomic E-state index is 0.692. The molecule has 0 aliphatic carbocycles. The molecule has 4 aromatic rings. The van der Waals surface area contributed by atoms with E-state index in [0.717, 1.165) is 18.7 Å². The molecule has 2 heterocycles. The predicted molar refractivity (Wildman–Crippen MR) is 126 cm³/mol. The molecule has 31 heavy (non-hydrogen) atoms. The van der Waals surface area contributed by atoms with Gasteiger partial charge in [-0.05, 0) is 73.7 Å². The zero-order valence-electron chi connectivity index (χ0n) is 18.1. The summed E-state index contributed by atoms with van der Waals surface area (Å²) in [6.07, 6.45) is 7.19. The van der Waals surface area contributed by atoms with Gasteiger partial charge in [0.05, 0.1) is 13.2 Å². The summed E-state index contributed by atoms with van der Waals surface area (Å²) in [6, 6.07) is 28.1. The molecule has 0 N–H and O–H groups in total. The molecule has 0 saturated carbocycles. The summed E-state index contributed by atoms with van der Waals surface area (Å²) in [7, 11) is 0. The molecule has 0 saturated heterocycles. The van der Waals surface area contributed by atoms with Crippen LogP contribution in [0.25, 0.3) is 28.1 Å². The Morgan fingerprint density at radius 2 is 1.48 bits per heavy atom. The Bertz CT molecular complexity index is 1140. The number of aromatic nitrogens is 2. The zero-order chi connectivity index (χ0) is 21.0. The van der Waals surface area contributed by atoms with Gasteiger partial charge in [-0.3, -0.25) is 0 Å². The van der Waals surface area contributed by atoms with Gasteiger partial charge in [0.2, 0.25) is 0 Å². The Labute approximate surface area is 184 Å². The third-order valence-electron chi connectivity index (χ3n) is 6.13. The fraction of sp³-hybridized carbons (Fsp3) is 0.250. The first-order valence-electron chi connectivity index (χ1n) is 11.4. The topological polar surface area (TPSA) is 18.0 Å². The lowest BCUT2D eigenvalue weighted by Gasteiger charge is -2.05. The number of hydrogen-bond donors (Lipinski definition) is 0. The van der Waals surface area contributed by atoms with Gasteiger partial charge in [0, 0.05) is 12.0 Å². The maximum Gasteiger partial charge on any atom is 0.262 e. The monoisotopic (exact) mass is 409 g/mol. The van der Waals surface area contributed by atoms with Crippen molar-refractivity contribution in [2.45, 2.75) is 39.2 Å². The van der Waals surface area contributed by atoms with Crippen molar-refractivity contribution in [1.82, 2.24) is 4.57 Å². The van der Waals surface area contributed by atoms with Crippen LogP contribution in [0.5, 0.6) is 5.75 Å². The Hall–Kier alpha value is -3.33. The number of ether oxygens (including phenoxy) is 1. The lowest BCUT2D eigenvalue weighted by atomic mass is 10.0. The molecule has 0 spiro atoms. The van der Waals surface area contributed by atoms with E-state index < -0.39 is 0 Å². The molecule has 1 aromatic heterocycles. The average molecular weight is 410 g/mol. The van der Waals surface area contributed by atoms with Crippen LogP contribution in [0.4, 0.5) is 0 Å². The van der Waals surface area contributed by atoms with E-state index in [1.165, 1.54) is 53.2 Å². The Morgan fingerprint density at radius 1 is 0.774 bits per heavy atom. The minimum atomic E-state index is 0.692. The summed E-state index contributed by atoms with van der Waals surface area (Å²) in [5.74, 6) is 2.32. The van der Waals surface area contributed by atoms with Crippen molar-refractivity contribution in [3.63, 3.8) is 0 Å². The normalized spacial score (nSPS) is 13.5. The van der Waals surface area contributed by atoms with E-state index in [1.54, 1.807) is 0 Å². The number of nitrogens with zero attached hydrogens (tertiary/aromatic N) is 2. The number of rotatable bonds is 5. The van der Waals surface area contributed by atoms with Crippen molar-refractivity contribution >= 4 is 0 Å². The third kappa shape index (κ3) is 4.00. The van der Waals surface area contributed by atoms with Gasteiger partial charge in [0.1, 0.15) is 17.6 Å². The summed E-state index contributed by atoms with van der Waals surface area (Å²) in [4.78, 5) is 0. The first kappa shape index (κ1) is 19.6. The van der Waals surface area contributed by atoms with Gasteiger partial charge >= 0.3 is 0 Å². The Morgan fingerprint density at radius 3 is 2.23 bits per heavy atom. The van der Waals surface area contributed by atoms with Crippen LogP contribution >= 0.6 is 0 Å². The smallest absolute Gasteiger partial charge is 0.262 e. The van der Waals surface area contributed by atoms with Gasteiger partial charge in [-0.25, -0.2) is 4.57 Å². The van der Waals surface area contributed by atoms with E-state index >= 15 is 0 Å². The standard InChI is InChI=1S/C28H29N2O/c1-2-31-26-18-16-25(17-19-26)30-21-27(29-20-8-4-7-11-28(29)30)24-14-12-23(13-15-24)22-9-5-3-6-10-22/h3,5-6,9-10,12-19,21H,2,4,7-8,11,20H2,1H3/q+1. The van der Waals surface area contributed by atoms with Crippen molar-refractivity contribution in [3.05, 3.63) is 90.9 Å². The summed E-state index contributed by atoms with van der Waals surface area (Å²) in [6.45, 7) is 3.79. The molecule has 1 aliphatic heterocycles. The highest BCUT2D eigenvalue weighted by molar-refractivity contribution is 5.68. The van der Waals surface area contributed by atoms with Crippen molar-refractivity contribution in [1.29, 1.82) is 0 Å². The van der Waals surface area contributed by atoms with Crippen LogP contribution in [0.3, 0.4) is 0 Å². The highest BCUT2D eigenvalue weighted by atomic mass is 16.5. The fourth-order valence-corrected chi connectivity index (χ4v) is 4.56. The third-order valence-corrected chi connectivity index (χ3v) is 6.13. The molecule has 0 unspecified atom stereocenters. The molecule has 0 radical (unpaired) electrons. The highest BCUT2D eigenvalue weighted by Gasteiger charge is 2.26. The van der Waals surface area contributed by atoms with E-state index in [2.05, 4.69) is 94.2 Å². The molecule has 0 bridgehead atoms. The van der Waals surface area contributed by atoms with Gasteiger partial charge in [-0.1, -0.05) is 42.5 Å². The molecule has 3 heteroatoms. The Balaban J connectivity index is 1.54. The molecule has 3 nitrogen and oxygen atoms in total. The summed E-state index contributed by atoms with van der Waals surface area (Å²) in [5.41, 5.74) is 6.28. The van der Waals surface area contributed by atoms with Gasteiger partial charge in [0.25, 0.3) is 5.82 Å². The molecule has 0 fully saturated rings. The van der Waals surface area contributed by atoms with Gasteiger partial charge in [-0.2, -0.15) is 4.57 Å². The molecular formula is C28H29N2O+. The lowest BCUT2D eigenvalue weighted by molar-refractivity contribution is -0.692. The first-order chi connectivity index (χ1) is 15.3. The fourth-order valence-electron chi connectivity index (χ4n) is 4.56. The van der Waals surface area contributed by atoms with Crippen molar-refractivity contribution in [2.24, 2.45) is 0 Å². The maximum atomic E-state index is 5.64. The zero-order valence-corrected chi connectivity index (χ0v) is 18.1. The molecule has 1 aliphatic rings. The first-order valence-corrected chi connectivity index (χ1v) is 11.4. The highest BCUT2D eigenvalue weighted by Crippen LogP contribution is 2.27. The summed E-state index contributed by atoms with van der Waals surface area (Å²) in [5, 5.41) is 0. The quantitative estimate of drug-likeness (QED) is 0.358. The molecule has 3 aromatic carbocycles. The van der Waals surface area contributed by atoms with Crippen LogP contribution in [-0.2, 0) is 13.0 Å². The molecule has 0 amide bonds. The van der Waals surface area contributed by atoms with E-state index in [-0.39, 0.29) is 0 Å². The lowest BCUT2D eigenvalue weighted by Crippen LogP contribution is -2.38.